The zero-order valence-corrected chi connectivity index (χ0v) is 10.4. The molecule has 0 radical (unpaired) electrons. The van der Waals surface area contributed by atoms with Crippen LogP contribution in [0.15, 0.2) is 42.5 Å². The monoisotopic (exact) mass is 258 g/mol. The van der Waals surface area contributed by atoms with Crippen molar-refractivity contribution in [1.29, 1.82) is 0 Å². The van der Waals surface area contributed by atoms with Crippen molar-refractivity contribution in [2.45, 2.75) is 6.92 Å². The van der Waals surface area contributed by atoms with Gasteiger partial charge in [0.1, 0.15) is 11.5 Å². The third kappa shape index (κ3) is 3.38. The largest absolute Gasteiger partial charge is 0.465 e. The second-order valence-electron chi connectivity index (χ2n) is 4.08. The zero-order valence-electron chi connectivity index (χ0n) is 10.4. The van der Waals surface area contributed by atoms with Gasteiger partial charge in [-0.3, -0.25) is 5.32 Å². The summed E-state index contributed by atoms with van der Waals surface area (Å²) in [4.78, 5) is 10.5. The number of nitrogens with two attached hydrogens (primary N) is 1. The molecule has 0 saturated carbocycles. The molecule has 0 aliphatic heterocycles. The Morgan fingerprint density at radius 1 is 1.21 bits per heavy atom. The molecule has 19 heavy (non-hydrogen) atoms. The van der Waals surface area contributed by atoms with Crippen LogP contribution in [0.5, 0.6) is 11.5 Å². The van der Waals surface area contributed by atoms with Crippen LogP contribution in [0.3, 0.4) is 0 Å². The molecule has 0 unspecified atom stereocenters. The number of hydrogen-bond acceptors (Lipinski definition) is 3. The predicted molar refractivity (Wildman–Crippen MR) is 73.8 cm³/mol. The van der Waals surface area contributed by atoms with Crippen LogP contribution < -0.4 is 15.8 Å². The van der Waals surface area contributed by atoms with E-state index in [1.54, 1.807) is 42.5 Å². The Morgan fingerprint density at radius 3 is 2.47 bits per heavy atom. The number of carboxylic acid groups (broad SMARTS) is 1. The lowest BCUT2D eigenvalue weighted by Crippen LogP contribution is -2.07. The molecule has 4 N–H and O–H groups in total. The number of nitrogen functional groups attached to an aromatic ring is 1. The zero-order chi connectivity index (χ0) is 13.8. The predicted octanol–water partition coefficient (Wildman–Crippen LogP) is 3.46. The van der Waals surface area contributed by atoms with Crippen molar-refractivity contribution in [1.82, 2.24) is 0 Å². The van der Waals surface area contributed by atoms with Crippen molar-refractivity contribution in [2.75, 3.05) is 11.1 Å². The molecule has 2 aromatic rings. The van der Waals surface area contributed by atoms with Crippen LogP contribution in [0.4, 0.5) is 16.2 Å². The molecule has 0 bridgehead atoms. The van der Waals surface area contributed by atoms with E-state index >= 15 is 0 Å². The van der Waals surface area contributed by atoms with Gasteiger partial charge in [-0.15, -0.1) is 0 Å². The molecule has 0 aliphatic carbocycles. The van der Waals surface area contributed by atoms with Gasteiger partial charge in [0.05, 0.1) is 0 Å². The van der Waals surface area contributed by atoms with Crippen molar-refractivity contribution in [3.05, 3.63) is 48.0 Å². The second-order valence-corrected chi connectivity index (χ2v) is 4.08. The number of benzene rings is 2. The van der Waals surface area contributed by atoms with Crippen LogP contribution >= 0.6 is 0 Å². The molecule has 0 atom stereocenters. The molecule has 2 rings (SSSR count). The summed E-state index contributed by atoms with van der Waals surface area (Å²) in [6.45, 7) is 1.85. The minimum absolute atomic E-state index is 0.509. The summed E-state index contributed by atoms with van der Waals surface area (Å²) in [7, 11) is 0. The molecule has 0 heterocycles. The van der Waals surface area contributed by atoms with Gasteiger partial charge in [0, 0.05) is 11.4 Å². The van der Waals surface area contributed by atoms with Crippen molar-refractivity contribution < 1.29 is 14.6 Å². The highest BCUT2D eigenvalue weighted by atomic mass is 16.5. The maximum absolute atomic E-state index is 10.5. The van der Waals surface area contributed by atoms with E-state index in [4.69, 9.17) is 15.6 Å². The lowest BCUT2D eigenvalue weighted by molar-refractivity contribution is 0.209. The van der Waals surface area contributed by atoms with Crippen LogP contribution in [0, 0.1) is 6.92 Å². The average Bonchev–Trinajstić information content (AvgIpc) is 2.34. The van der Waals surface area contributed by atoms with Gasteiger partial charge in [-0.25, -0.2) is 4.79 Å². The molecule has 98 valence electrons. The third-order valence-electron chi connectivity index (χ3n) is 2.53. The number of ether oxygens (including phenoxy) is 1. The first-order valence-corrected chi connectivity index (χ1v) is 5.68. The van der Waals surface area contributed by atoms with Gasteiger partial charge in [-0.2, -0.15) is 0 Å². The van der Waals surface area contributed by atoms with E-state index in [0.29, 0.717) is 22.9 Å². The van der Waals surface area contributed by atoms with Gasteiger partial charge in [0.25, 0.3) is 0 Å². The molecule has 1 amide bonds. The number of anilines is 2. The Bertz CT molecular complexity index is 594. The summed E-state index contributed by atoms with van der Waals surface area (Å²) in [5, 5.41) is 10.9. The Labute approximate surface area is 110 Å². The first-order valence-electron chi connectivity index (χ1n) is 5.68. The van der Waals surface area contributed by atoms with Gasteiger partial charge in [-0.05, 0) is 55.0 Å². The number of aryl methyl sites for hydroxylation is 1. The van der Waals surface area contributed by atoms with Crippen molar-refractivity contribution in [3.63, 3.8) is 0 Å². The molecule has 0 spiro atoms. The van der Waals surface area contributed by atoms with E-state index in [-0.39, 0.29) is 0 Å². The SMILES string of the molecule is Cc1cc(NC(=O)O)ccc1Oc1ccc(N)cc1. The Kier molecular flexibility index (Phi) is 3.56. The fourth-order valence-corrected chi connectivity index (χ4v) is 1.63. The van der Waals surface area contributed by atoms with Crippen molar-refractivity contribution >= 4 is 17.5 Å². The quantitative estimate of drug-likeness (QED) is 0.736. The summed E-state index contributed by atoms with van der Waals surface area (Å²) in [6, 6.07) is 12.1. The summed E-state index contributed by atoms with van der Waals surface area (Å²) in [6.07, 6.45) is -1.09. The van der Waals surface area contributed by atoms with Crippen molar-refractivity contribution in [3.8, 4) is 11.5 Å². The van der Waals surface area contributed by atoms with Crippen LogP contribution in [0.2, 0.25) is 0 Å². The molecule has 2 aromatic carbocycles. The van der Waals surface area contributed by atoms with Gasteiger partial charge < -0.3 is 15.6 Å². The summed E-state index contributed by atoms with van der Waals surface area (Å²) >= 11 is 0. The number of amides is 1. The maximum atomic E-state index is 10.5. The van der Waals surface area contributed by atoms with E-state index < -0.39 is 6.09 Å². The van der Waals surface area contributed by atoms with E-state index in [1.165, 1.54) is 0 Å². The highest BCUT2D eigenvalue weighted by Crippen LogP contribution is 2.27. The molecule has 0 aliphatic rings. The Morgan fingerprint density at radius 2 is 1.89 bits per heavy atom. The van der Waals surface area contributed by atoms with Crippen LogP contribution in [0.1, 0.15) is 5.56 Å². The first-order chi connectivity index (χ1) is 9.04. The fourth-order valence-electron chi connectivity index (χ4n) is 1.63. The lowest BCUT2D eigenvalue weighted by Gasteiger charge is -2.10. The van der Waals surface area contributed by atoms with E-state index in [0.717, 1.165) is 5.56 Å². The standard InChI is InChI=1S/C14H14N2O3/c1-9-8-11(16-14(17)18)4-7-13(9)19-12-5-2-10(15)3-6-12/h2-8,16H,15H2,1H3,(H,17,18). The third-order valence-corrected chi connectivity index (χ3v) is 2.53. The van der Waals surface area contributed by atoms with Gasteiger partial charge in [-0.1, -0.05) is 0 Å². The van der Waals surface area contributed by atoms with Crippen molar-refractivity contribution in [2.24, 2.45) is 0 Å². The van der Waals surface area contributed by atoms with Crippen LogP contribution in [0.25, 0.3) is 0 Å². The smallest absolute Gasteiger partial charge is 0.409 e. The van der Waals surface area contributed by atoms with Gasteiger partial charge >= 0.3 is 6.09 Å². The maximum Gasteiger partial charge on any atom is 0.409 e. The highest BCUT2D eigenvalue weighted by Gasteiger charge is 2.04. The molecular formula is C14H14N2O3. The van der Waals surface area contributed by atoms with Crippen LogP contribution in [-0.2, 0) is 0 Å². The van der Waals surface area contributed by atoms with E-state index in [9.17, 15) is 4.79 Å². The topological polar surface area (TPSA) is 84.6 Å². The summed E-state index contributed by atoms with van der Waals surface area (Å²) < 4.78 is 5.69. The molecule has 5 nitrogen and oxygen atoms in total. The number of carbonyl (C=O) groups is 1. The molecule has 5 heteroatoms. The molecular weight excluding hydrogens is 244 g/mol. The first kappa shape index (κ1) is 12.8. The minimum atomic E-state index is -1.09. The number of nitrogens with one attached hydrogen (secondary N) is 1. The summed E-state index contributed by atoms with van der Waals surface area (Å²) in [5.41, 5.74) is 7.61. The molecule has 0 aromatic heterocycles. The van der Waals surface area contributed by atoms with Gasteiger partial charge in [0.2, 0.25) is 0 Å². The normalized spacial score (nSPS) is 9.95. The van der Waals surface area contributed by atoms with Crippen LogP contribution in [-0.4, -0.2) is 11.2 Å². The number of rotatable bonds is 3. The minimum Gasteiger partial charge on any atom is -0.465 e. The van der Waals surface area contributed by atoms with E-state index in [2.05, 4.69) is 5.32 Å². The fraction of sp³-hybridized carbons (Fsp3) is 0.0714. The lowest BCUT2D eigenvalue weighted by atomic mass is 10.2. The Hall–Kier alpha value is -2.69. The average molecular weight is 258 g/mol. The highest BCUT2D eigenvalue weighted by molar-refractivity contribution is 5.83. The summed E-state index contributed by atoms with van der Waals surface area (Å²) in [5.74, 6) is 1.34. The molecule has 0 fully saturated rings. The second kappa shape index (κ2) is 5.30. The number of hydrogen-bond donors (Lipinski definition) is 3. The Balaban J connectivity index is 2.17. The van der Waals surface area contributed by atoms with E-state index in [1.807, 2.05) is 6.92 Å². The molecule has 0 saturated heterocycles. The van der Waals surface area contributed by atoms with Gasteiger partial charge in [0.15, 0.2) is 0 Å².